The molecule has 0 radical (unpaired) electrons. The average molecular weight is 862 g/mol. The molecule has 0 saturated heterocycles. The average Bonchev–Trinajstić information content (AvgIpc) is 3.50. The van der Waals surface area contributed by atoms with E-state index >= 15 is 0 Å². The number of allylic oxidation sites excluding steroid dienone is 2. The van der Waals surface area contributed by atoms with Crippen LogP contribution >= 0.6 is 0 Å². The van der Waals surface area contributed by atoms with Gasteiger partial charge in [0.2, 0.25) is 11.4 Å². The van der Waals surface area contributed by atoms with E-state index in [1.54, 1.807) is 4.70 Å². The topological polar surface area (TPSA) is 53.5 Å². The maximum Gasteiger partial charge on any atom is 2.00 e. The number of nitrogens with zero attached hydrogens (tertiary/aromatic N) is 4. The molecule has 0 spiro atoms. The molecule has 2 unspecified atom stereocenters. The largest absolute Gasteiger partial charge is 2.00 e. The van der Waals surface area contributed by atoms with Crippen molar-refractivity contribution < 1.29 is 21.2 Å². The standard InChI is InChI=1S/C47H66N2.2C4H10N.Ni/c1-7-12-17-19-27-39(25-14-9-3)34-36-41-29-21-23-32-44(41)46-38(6)43(31-16-11-5)47(49(46)48)45-33-24-22-30-42(45)37-35-40(26-15-10-4)28-20-18-13-8-2;2*1-3-5-4-2;/h21-24,29-30,32-33,39-40H,7-16,25-28,31,34-37H2,1-6H3;2*3-4H2,1-2H3;/q;2*-1;+2. The van der Waals surface area contributed by atoms with Crippen molar-refractivity contribution in [1.82, 2.24) is 0 Å². The van der Waals surface area contributed by atoms with Gasteiger partial charge in [0.25, 0.3) is 0 Å². The normalized spacial score (nSPS) is 12.9. The first kappa shape index (κ1) is 57.1. The van der Waals surface area contributed by atoms with Crippen LogP contribution in [0.25, 0.3) is 27.6 Å². The van der Waals surface area contributed by atoms with Gasteiger partial charge in [-0.2, -0.15) is 26.2 Å². The van der Waals surface area contributed by atoms with Gasteiger partial charge < -0.3 is 16.2 Å². The molecule has 5 heteroatoms. The summed E-state index contributed by atoms with van der Waals surface area (Å²) in [4.78, 5) is 0. The zero-order chi connectivity index (χ0) is 43.5. The van der Waals surface area contributed by atoms with Gasteiger partial charge in [-0.15, -0.1) is 23.7 Å². The molecular weight excluding hydrogens is 775 g/mol. The van der Waals surface area contributed by atoms with E-state index in [0.717, 1.165) is 121 Å². The van der Waals surface area contributed by atoms with Gasteiger partial charge in [-0.1, -0.05) is 131 Å². The summed E-state index contributed by atoms with van der Waals surface area (Å²) >= 11 is 0. The summed E-state index contributed by atoms with van der Waals surface area (Å²) in [5.74, 6) is 15.0. The molecule has 2 atom stereocenters. The van der Waals surface area contributed by atoms with Crippen molar-refractivity contribution >= 4 is 11.4 Å². The Kier molecular flexibility index (Phi) is 35.9. The van der Waals surface area contributed by atoms with Crippen LogP contribution in [0.15, 0.2) is 59.7 Å². The van der Waals surface area contributed by atoms with Crippen LogP contribution in [-0.2, 0) is 29.3 Å². The molecule has 1 heterocycles. The second-order valence-corrected chi connectivity index (χ2v) is 16.0. The fourth-order valence-electron chi connectivity index (χ4n) is 7.62. The van der Waals surface area contributed by atoms with Crippen LogP contribution in [0.1, 0.15) is 201 Å². The molecule has 2 aromatic carbocycles. The first-order chi connectivity index (χ1) is 28.8. The van der Waals surface area contributed by atoms with Crippen LogP contribution in [0.5, 0.6) is 0 Å². The number of benzene rings is 2. The van der Waals surface area contributed by atoms with Gasteiger partial charge in [-0.05, 0) is 106 Å². The van der Waals surface area contributed by atoms with Gasteiger partial charge in [0.05, 0.1) is 0 Å². The van der Waals surface area contributed by atoms with Crippen LogP contribution in [0, 0.1) is 35.5 Å². The predicted octanol–water partition coefficient (Wildman–Crippen LogP) is 16.7. The number of aryl methyl sites for hydroxylation is 2. The Morgan fingerprint density at radius 3 is 1.32 bits per heavy atom. The van der Waals surface area contributed by atoms with Gasteiger partial charge in [-0.25, -0.2) is 4.70 Å². The summed E-state index contributed by atoms with van der Waals surface area (Å²) in [5.41, 5.74) is 21.7. The summed E-state index contributed by atoms with van der Waals surface area (Å²) in [7, 11) is 0. The second-order valence-electron chi connectivity index (χ2n) is 16.0. The van der Waals surface area contributed by atoms with Crippen molar-refractivity contribution in [2.75, 3.05) is 26.2 Å². The van der Waals surface area contributed by atoms with Crippen molar-refractivity contribution in [3.8, 4) is 23.7 Å². The van der Waals surface area contributed by atoms with E-state index in [0.29, 0.717) is 11.8 Å². The minimum atomic E-state index is 0. The third kappa shape index (κ3) is 22.2. The molecular formula is C55H86N4Ni. The molecule has 4 nitrogen and oxygen atoms in total. The Morgan fingerprint density at radius 1 is 0.517 bits per heavy atom. The SMILES string of the molecule is CCCC#CCC(CCCC)CCc1ccccc1C1=C(C)C(CCCC)=C(c2ccccc2CCC(CC#CCCC)CCCC)[N+]1=[N-].CC[N-]CC.CC[N-]CC.[Ni+2]. The molecule has 0 bridgehead atoms. The van der Waals surface area contributed by atoms with Crippen molar-refractivity contribution in [2.24, 2.45) is 11.8 Å². The van der Waals surface area contributed by atoms with Gasteiger partial charge in [0.15, 0.2) is 0 Å². The fraction of sp³-hybridized carbons (Fsp3) is 0.636. The van der Waals surface area contributed by atoms with Gasteiger partial charge in [0, 0.05) is 48.0 Å². The monoisotopic (exact) mass is 861 g/mol. The Bertz CT molecular complexity index is 1600. The fourth-order valence-corrected chi connectivity index (χ4v) is 7.62. The molecule has 0 aliphatic carbocycles. The van der Waals surface area contributed by atoms with Gasteiger partial charge in [0.1, 0.15) is 0 Å². The first-order valence-electron chi connectivity index (χ1n) is 24.1. The molecule has 0 saturated carbocycles. The van der Waals surface area contributed by atoms with Crippen molar-refractivity contribution in [1.29, 1.82) is 0 Å². The number of hydrogen-bond acceptors (Lipinski definition) is 0. The molecule has 0 N–H and O–H groups in total. The smallest absolute Gasteiger partial charge is 0.663 e. The minimum absolute atomic E-state index is 0. The summed E-state index contributed by atoms with van der Waals surface area (Å²) in [6, 6.07) is 17.6. The quantitative estimate of drug-likeness (QED) is 0.0543. The van der Waals surface area contributed by atoms with Gasteiger partial charge >= 0.3 is 16.5 Å². The third-order valence-corrected chi connectivity index (χ3v) is 11.1. The molecule has 1 aliphatic rings. The number of hydrogen-bond donors (Lipinski definition) is 0. The van der Waals surface area contributed by atoms with E-state index in [9.17, 15) is 5.53 Å². The Hall–Kier alpha value is -2.95. The van der Waals surface area contributed by atoms with Gasteiger partial charge in [-0.3, -0.25) is 0 Å². The zero-order valence-corrected chi connectivity index (χ0v) is 41.1. The van der Waals surface area contributed by atoms with E-state index in [1.807, 2.05) is 27.7 Å². The first-order valence-corrected chi connectivity index (χ1v) is 24.1. The molecule has 336 valence electrons. The third-order valence-electron chi connectivity index (χ3n) is 11.1. The summed E-state index contributed by atoms with van der Waals surface area (Å²) < 4.78 is 1.56. The molecule has 60 heavy (non-hydrogen) atoms. The van der Waals surface area contributed by atoms with E-state index in [1.165, 1.54) is 71.9 Å². The Balaban J connectivity index is 0.00000282. The maximum atomic E-state index is 12.2. The molecule has 2 aromatic rings. The van der Waals surface area contributed by atoms with Crippen LogP contribution in [-0.4, -0.2) is 30.9 Å². The Labute approximate surface area is 381 Å². The van der Waals surface area contributed by atoms with Crippen LogP contribution in [0.3, 0.4) is 0 Å². The maximum absolute atomic E-state index is 12.2. The number of unbranched alkanes of at least 4 members (excludes halogenated alkanes) is 5. The van der Waals surface area contributed by atoms with E-state index in [4.69, 9.17) is 0 Å². The van der Waals surface area contributed by atoms with E-state index in [-0.39, 0.29) is 16.5 Å². The van der Waals surface area contributed by atoms with Crippen molar-refractivity contribution in [3.63, 3.8) is 0 Å². The Morgan fingerprint density at radius 2 is 0.933 bits per heavy atom. The van der Waals surface area contributed by atoms with E-state index in [2.05, 4.69) is 124 Å². The molecule has 0 aromatic heterocycles. The van der Waals surface area contributed by atoms with Crippen LogP contribution in [0.4, 0.5) is 0 Å². The molecule has 1 aliphatic heterocycles. The second kappa shape index (κ2) is 37.8. The number of rotatable bonds is 25. The molecule has 0 amide bonds. The van der Waals surface area contributed by atoms with Crippen molar-refractivity contribution in [2.45, 2.75) is 191 Å². The van der Waals surface area contributed by atoms with Crippen molar-refractivity contribution in [3.05, 3.63) is 98.1 Å². The summed E-state index contributed by atoms with van der Waals surface area (Å²) in [6.07, 6.45) is 21.1. The van der Waals surface area contributed by atoms with Crippen LogP contribution in [0.2, 0.25) is 0 Å². The van der Waals surface area contributed by atoms with E-state index < -0.39 is 0 Å². The summed E-state index contributed by atoms with van der Waals surface area (Å²) in [5, 5.41) is 7.94. The molecule has 3 rings (SSSR count). The predicted molar refractivity (Wildman–Crippen MR) is 262 cm³/mol. The summed E-state index contributed by atoms with van der Waals surface area (Å²) in [6.45, 7) is 25.5. The van der Waals surface area contributed by atoms with Crippen LogP contribution < -0.4 is 0 Å². The minimum Gasteiger partial charge on any atom is -0.663 e. The zero-order valence-electron chi connectivity index (χ0n) is 40.1. The molecule has 0 fully saturated rings.